The number of aryl methyl sites for hydroxylation is 1. The Morgan fingerprint density at radius 2 is 2.04 bits per heavy atom. The van der Waals surface area contributed by atoms with Crippen molar-refractivity contribution in [2.24, 2.45) is 0 Å². The largest absolute Gasteiger partial charge is 0.379 e. The Morgan fingerprint density at radius 3 is 2.71 bits per heavy atom. The molecule has 0 spiro atoms. The Kier molecular flexibility index (Phi) is 7.97. The maximum atomic E-state index is 5.46. The molecule has 1 aromatic rings. The van der Waals surface area contributed by atoms with Crippen LogP contribution in [-0.2, 0) is 11.2 Å². The number of morpholine rings is 1. The second kappa shape index (κ2) is 9.97. The van der Waals surface area contributed by atoms with E-state index in [-0.39, 0.29) is 0 Å². The molecule has 1 saturated heterocycles. The van der Waals surface area contributed by atoms with E-state index in [1.165, 1.54) is 16.7 Å². The molecular formula is C21H34N2O. The number of rotatable bonds is 8. The van der Waals surface area contributed by atoms with Gasteiger partial charge in [-0.25, -0.2) is 0 Å². The molecule has 0 bridgehead atoms. The Balaban J connectivity index is 1.90. The molecule has 0 saturated carbocycles. The van der Waals surface area contributed by atoms with Crippen LogP contribution in [-0.4, -0.2) is 55.9 Å². The van der Waals surface area contributed by atoms with Crippen LogP contribution >= 0.6 is 0 Å². The third kappa shape index (κ3) is 5.73. The summed E-state index contributed by atoms with van der Waals surface area (Å²) in [4.78, 5) is 4.99. The van der Waals surface area contributed by atoms with E-state index in [2.05, 4.69) is 68.0 Å². The molecule has 3 nitrogen and oxygen atoms in total. The highest BCUT2D eigenvalue weighted by Gasteiger charge is 2.20. The molecule has 0 N–H and O–H groups in total. The third-order valence-corrected chi connectivity index (χ3v) is 5.18. The van der Waals surface area contributed by atoms with E-state index in [0.29, 0.717) is 6.17 Å². The normalized spacial score (nSPS) is 18.1. The first-order valence-corrected chi connectivity index (χ1v) is 9.44. The average Bonchev–Trinajstić information content (AvgIpc) is 2.65. The van der Waals surface area contributed by atoms with Gasteiger partial charge in [0.25, 0.3) is 0 Å². The minimum atomic E-state index is 0.482. The topological polar surface area (TPSA) is 15.7 Å². The zero-order valence-corrected chi connectivity index (χ0v) is 15.9. The Bertz CT molecular complexity index is 520. The molecule has 0 aromatic heterocycles. The number of hydrogen-bond donors (Lipinski definition) is 0. The Labute approximate surface area is 148 Å². The van der Waals surface area contributed by atoms with Crippen molar-refractivity contribution in [3.05, 3.63) is 41.0 Å². The number of hydrogen-bond acceptors (Lipinski definition) is 3. The number of benzene rings is 1. The van der Waals surface area contributed by atoms with Crippen LogP contribution in [0.5, 0.6) is 0 Å². The highest BCUT2D eigenvalue weighted by atomic mass is 16.5. The van der Waals surface area contributed by atoms with Crippen molar-refractivity contribution in [3.63, 3.8) is 0 Å². The number of nitrogens with zero attached hydrogens (tertiary/aromatic N) is 2. The summed E-state index contributed by atoms with van der Waals surface area (Å²) in [5, 5.41) is 0. The predicted molar refractivity (Wildman–Crippen MR) is 103 cm³/mol. The first-order valence-electron chi connectivity index (χ1n) is 9.44. The lowest BCUT2D eigenvalue weighted by Gasteiger charge is -2.37. The second-order valence-corrected chi connectivity index (χ2v) is 6.77. The van der Waals surface area contributed by atoms with Gasteiger partial charge in [-0.05, 0) is 44.4 Å². The Hall–Kier alpha value is -1.16. The summed E-state index contributed by atoms with van der Waals surface area (Å²) in [5.41, 5.74) is 4.29. The lowest BCUT2D eigenvalue weighted by atomic mass is 10.0. The zero-order chi connectivity index (χ0) is 17.4. The molecule has 2 rings (SSSR count). The van der Waals surface area contributed by atoms with Gasteiger partial charge in [-0.2, -0.15) is 0 Å². The van der Waals surface area contributed by atoms with Crippen LogP contribution in [0.15, 0.2) is 29.8 Å². The van der Waals surface area contributed by atoms with Crippen molar-refractivity contribution in [3.8, 4) is 0 Å². The van der Waals surface area contributed by atoms with Gasteiger partial charge in [-0.15, -0.1) is 0 Å². The standard InChI is InChI=1S/C21H34N2O/c1-5-19-8-7-9-21(16-19)17-20(6-2)10-11-22(4)18(3)23-12-14-24-15-13-23/h7-9,16-18H,5-6,10-15H2,1-4H3/b20-17-. The van der Waals surface area contributed by atoms with Crippen LogP contribution in [0.4, 0.5) is 0 Å². The molecule has 1 aliphatic heterocycles. The highest BCUT2D eigenvalue weighted by molar-refractivity contribution is 5.53. The van der Waals surface area contributed by atoms with E-state index in [9.17, 15) is 0 Å². The summed E-state index contributed by atoms with van der Waals surface area (Å²) >= 11 is 0. The molecule has 134 valence electrons. The van der Waals surface area contributed by atoms with Crippen LogP contribution in [0.25, 0.3) is 6.08 Å². The van der Waals surface area contributed by atoms with E-state index in [1.54, 1.807) is 0 Å². The van der Waals surface area contributed by atoms with Crippen LogP contribution in [0.2, 0.25) is 0 Å². The van der Waals surface area contributed by atoms with Crippen molar-refractivity contribution >= 4 is 6.08 Å². The molecule has 1 heterocycles. The molecule has 1 unspecified atom stereocenters. The van der Waals surface area contributed by atoms with Gasteiger partial charge in [0.15, 0.2) is 0 Å². The van der Waals surface area contributed by atoms with E-state index in [4.69, 9.17) is 4.74 Å². The lowest BCUT2D eigenvalue weighted by molar-refractivity contribution is -0.0189. The minimum Gasteiger partial charge on any atom is -0.379 e. The minimum absolute atomic E-state index is 0.482. The zero-order valence-electron chi connectivity index (χ0n) is 15.9. The molecule has 0 aliphatic carbocycles. The van der Waals surface area contributed by atoms with Crippen molar-refractivity contribution in [2.45, 2.75) is 46.2 Å². The fourth-order valence-corrected chi connectivity index (χ4v) is 3.23. The molecule has 1 aliphatic rings. The van der Waals surface area contributed by atoms with Gasteiger partial charge in [-0.3, -0.25) is 9.80 Å². The highest BCUT2D eigenvalue weighted by Crippen LogP contribution is 2.16. The fraction of sp³-hybridized carbons (Fsp3) is 0.619. The molecule has 0 amide bonds. The van der Waals surface area contributed by atoms with Crippen LogP contribution in [0.1, 0.15) is 44.7 Å². The maximum Gasteiger partial charge on any atom is 0.0594 e. The van der Waals surface area contributed by atoms with E-state index in [0.717, 1.165) is 52.1 Å². The van der Waals surface area contributed by atoms with Crippen molar-refractivity contribution in [2.75, 3.05) is 39.9 Å². The lowest BCUT2D eigenvalue weighted by Crippen LogP contribution is -2.49. The summed E-state index contributed by atoms with van der Waals surface area (Å²) < 4.78 is 5.46. The van der Waals surface area contributed by atoms with Crippen molar-refractivity contribution in [1.29, 1.82) is 0 Å². The number of ether oxygens (including phenoxy) is 1. The molecule has 24 heavy (non-hydrogen) atoms. The van der Waals surface area contributed by atoms with Crippen molar-refractivity contribution < 1.29 is 4.74 Å². The van der Waals surface area contributed by atoms with Gasteiger partial charge in [0, 0.05) is 19.6 Å². The summed E-state index contributed by atoms with van der Waals surface area (Å²) in [7, 11) is 2.24. The van der Waals surface area contributed by atoms with E-state index in [1.807, 2.05) is 0 Å². The molecule has 1 aromatic carbocycles. The Morgan fingerprint density at radius 1 is 1.29 bits per heavy atom. The summed E-state index contributed by atoms with van der Waals surface area (Å²) in [6.07, 6.45) is 6.22. The van der Waals surface area contributed by atoms with Gasteiger partial charge in [0.1, 0.15) is 0 Å². The maximum absolute atomic E-state index is 5.46. The monoisotopic (exact) mass is 330 g/mol. The fourth-order valence-electron chi connectivity index (χ4n) is 3.23. The molecular weight excluding hydrogens is 296 g/mol. The van der Waals surface area contributed by atoms with Gasteiger partial charge in [-0.1, -0.05) is 49.8 Å². The van der Waals surface area contributed by atoms with Crippen LogP contribution < -0.4 is 0 Å². The molecule has 1 atom stereocenters. The van der Waals surface area contributed by atoms with E-state index < -0.39 is 0 Å². The summed E-state index contributed by atoms with van der Waals surface area (Å²) in [6, 6.07) is 8.91. The van der Waals surface area contributed by atoms with E-state index >= 15 is 0 Å². The van der Waals surface area contributed by atoms with Crippen LogP contribution in [0.3, 0.4) is 0 Å². The second-order valence-electron chi connectivity index (χ2n) is 6.77. The van der Waals surface area contributed by atoms with Crippen molar-refractivity contribution in [1.82, 2.24) is 9.80 Å². The van der Waals surface area contributed by atoms with Gasteiger partial charge >= 0.3 is 0 Å². The first-order chi connectivity index (χ1) is 11.6. The summed E-state index contributed by atoms with van der Waals surface area (Å²) in [5.74, 6) is 0. The van der Waals surface area contributed by atoms with Gasteiger partial charge < -0.3 is 4.74 Å². The molecule has 0 radical (unpaired) electrons. The molecule has 3 heteroatoms. The average molecular weight is 331 g/mol. The quantitative estimate of drug-likeness (QED) is 0.715. The first kappa shape index (κ1) is 19.2. The van der Waals surface area contributed by atoms with Gasteiger partial charge in [0.05, 0.1) is 19.4 Å². The smallest absolute Gasteiger partial charge is 0.0594 e. The summed E-state index contributed by atoms with van der Waals surface area (Å²) in [6.45, 7) is 11.7. The SMILES string of the molecule is CC/C(=C/c1cccc(CC)c1)CCN(C)C(C)N1CCOCC1. The van der Waals surface area contributed by atoms with Gasteiger partial charge in [0.2, 0.25) is 0 Å². The predicted octanol–water partition coefficient (Wildman–Crippen LogP) is 4.04. The third-order valence-electron chi connectivity index (χ3n) is 5.18. The van der Waals surface area contributed by atoms with Crippen LogP contribution in [0, 0.1) is 0 Å². The molecule has 1 fully saturated rings.